The summed E-state index contributed by atoms with van der Waals surface area (Å²) in [6, 6.07) is -0.368. The Balaban J connectivity index is 2.19. The summed E-state index contributed by atoms with van der Waals surface area (Å²) < 4.78 is 28.3. The lowest BCUT2D eigenvalue weighted by atomic mass is 10.3. The van der Waals surface area contributed by atoms with Gasteiger partial charge in [-0.3, -0.25) is 9.48 Å². The Morgan fingerprint density at radius 1 is 1.44 bits per heavy atom. The van der Waals surface area contributed by atoms with Gasteiger partial charge in [-0.2, -0.15) is 5.10 Å². The molecule has 0 spiro atoms. The van der Waals surface area contributed by atoms with Crippen LogP contribution in [-0.4, -0.2) is 48.6 Å². The van der Waals surface area contributed by atoms with Crippen molar-refractivity contribution in [1.82, 2.24) is 19.4 Å². The van der Waals surface area contributed by atoms with E-state index >= 15 is 0 Å². The van der Waals surface area contributed by atoms with Crippen LogP contribution in [0.4, 0.5) is 0 Å². The van der Waals surface area contributed by atoms with Crippen LogP contribution in [-0.2, 0) is 21.9 Å². The minimum Gasteiger partial charge on any atom is -0.344 e. The molecule has 2 rings (SSSR count). The largest absolute Gasteiger partial charge is 0.344 e. The monoisotopic (exact) mass is 272 g/mol. The number of sulfonamides is 1. The van der Waals surface area contributed by atoms with Gasteiger partial charge in [-0.25, -0.2) is 13.1 Å². The van der Waals surface area contributed by atoms with Gasteiger partial charge in [0.1, 0.15) is 4.90 Å². The molecule has 1 fully saturated rings. The highest BCUT2D eigenvalue weighted by Crippen LogP contribution is 2.16. The second kappa shape index (κ2) is 4.36. The summed E-state index contributed by atoms with van der Waals surface area (Å²) in [4.78, 5) is 13.0. The molecule has 1 aliphatic heterocycles. The summed E-state index contributed by atoms with van der Waals surface area (Å²) in [6.45, 7) is 2.09. The molecule has 0 saturated carbocycles. The average Bonchev–Trinajstić information content (AvgIpc) is 2.73. The third kappa shape index (κ3) is 2.25. The molecule has 7 nitrogen and oxygen atoms in total. The maximum absolute atomic E-state index is 12.1. The first kappa shape index (κ1) is 13.0. The minimum atomic E-state index is -3.61. The van der Waals surface area contributed by atoms with Crippen molar-refractivity contribution in [3.8, 4) is 0 Å². The Kier molecular flexibility index (Phi) is 3.16. The predicted molar refractivity (Wildman–Crippen MR) is 64.3 cm³/mol. The summed E-state index contributed by atoms with van der Waals surface area (Å²) in [7, 11) is -0.272. The molecule has 1 aromatic rings. The van der Waals surface area contributed by atoms with Crippen molar-refractivity contribution in [2.75, 3.05) is 13.6 Å². The summed E-state index contributed by atoms with van der Waals surface area (Å²) in [5.74, 6) is -0.0504. The van der Waals surface area contributed by atoms with Gasteiger partial charge < -0.3 is 4.90 Å². The van der Waals surface area contributed by atoms with Crippen molar-refractivity contribution in [3.63, 3.8) is 0 Å². The van der Waals surface area contributed by atoms with E-state index in [1.165, 1.54) is 15.8 Å². The molecule has 0 aromatic carbocycles. The fraction of sp³-hybridized carbons (Fsp3) is 0.600. The van der Waals surface area contributed by atoms with Gasteiger partial charge in [-0.1, -0.05) is 0 Å². The van der Waals surface area contributed by atoms with Crippen LogP contribution < -0.4 is 4.72 Å². The fourth-order valence-electron chi connectivity index (χ4n) is 1.97. The van der Waals surface area contributed by atoms with Crippen LogP contribution in [0.1, 0.15) is 12.1 Å². The van der Waals surface area contributed by atoms with E-state index in [1.54, 1.807) is 21.0 Å². The molecule has 8 heteroatoms. The predicted octanol–water partition coefficient (Wildman–Crippen LogP) is -0.762. The van der Waals surface area contributed by atoms with Crippen molar-refractivity contribution in [1.29, 1.82) is 0 Å². The molecule has 0 bridgehead atoms. The van der Waals surface area contributed by atoms with E-state index in [4.69, 9.17) is 0 Å². The first-order valence-corrected chi connectivity index (χ1v) is 7.04. The molecule has 2 heterocycles. The first-order valence-electron chi connectivity index (χ1n) is 5.56. The molecular formula is C10H16N4O3S. The van der Waals surface area contributed by atoms with Gasteiger partial charge in [-0.15, -0.1) is 0 Å². The Morgan fingerprint density at radius 2 is 2.11 bits per heavy atom. The molecule has 100 valence electrons. The van der Waals surface area contributed by atoms with Crippen molar-refractivity contribution >= 4 is 15.9 Å². The van der Waals surface area contributed by atoms with E-state index in [2.05, 4.69) is 9.82 Å². The lowest BCUT2D eigenvalue weighted by Gasteiger charge is -2.12. The Bertz CT molecular complexity index is 578. The maximum atomic E-state index is 12.1. The quantitative estimate of drug-likeness (QED) is 0.783. The number of likely N-dealkylation sites (tertiary alicyclic amines) is 1. The zero-order chi connectivity index (χ0) is 13.5. The topological polar surface area (TPSA) is 84.3 Å². The van der Waals surface area contributed by atoms with Crippen LogP contribution in [0.25, 0.3) is 0 Å². The van der Waals surface area contributed by atoms with E-state index in [9.17, 15) is 13.2 Å². The summed E-state index contributed by atoms with van der Waals surface area (Å²) in [5, 5.41) is 3.91. The lowest BCUT2D eigenvalue weighted by Crippen LogP contribution is -2.36. The molecule has 1 unspecified atom stereocenters. The lowest BCUT2D eigenvalue weighted by molar-refractivity contribution is -0.126. The molecule has 1 aromatic heterocycles. The molecular weight excluding hydrogens is 256 g/mol. The Morgan fingerprint density at radius 3 is 2.56 bits per heavy atom. The highest BCUT2D eigenvalue weighted by Gasteiger charge is 2.31. The van der Waals surface area contributed by atoms with Crippen LogP contribution in [0.15, 0.2) is 11.1 Å². The zero-order valence-corrected chi connectivity index (χ0v) is 11.4. The minimum absolute atomic E-state index is 0.0504. The van der Waals surface area contributed by atoms with E-state index in [-0.39, 0.29) is 23.3 Å². The Hall–Kier alpha value is -1.41. The van der Waals surface area contributed by atoms with Crippen LogP contribution in [0, 0.1) is 6.92 Å². The SMILES string of the molecule is Cc1c(S(=O)(=O)NC2CC(=O)N(C)C2)cnn1C. The maximum Gasteiger partial charge on any atom is 0.244 e. The number of carbonyl (C=O) groups is 1. The van der Waals surface area contributed by atoms with Crippen LogP contribution >= 0.6 is 0 Å². The number of hydrogen-bond donors (Lipinski definition) is 1. The van der Waals surface area contributed by atoms with E-state index < -0.39 is 10.0 Å². The molecule has 1 atom stereocenters. The number of likely N-dealkylation sites (N-methyl/N-ethyl adjacent to an activating group) is 1. The first-order chi connectivity index (χ1) is 8.31. The van der Waals surface area contributed by atoms with Crippen LogP contribution in [0.5, 0.6) is 0 Å². The second-order valence-electron chi connectivity index (χ2n) is 4.51. The number of nitrogens with one attached hydrogen (secondary N) is 1. The van der Waals surface area contributed by atoms with Gasteiger partial charge in [0.05, 0.1) is 11.9 Å². The molecule has 0 aliphatic carbocycles. The van der Waals surface area contributed by atoms with Crippen LogP contribution in [0.2, 0.25) is 0 Å². The molecule has 18 heavy (non-hydrogen) atoms. The number of carbonyl (C=O) groups excluding carboxylic acids is 1. The molecule has 1 aliphatic rings. The van der Waals surface area contributed by atoms with Crippen molar-refractivity contribution in [2.45, 2.75) is 24.3 Å². The average molecular weight is 272 g/mol. The number of hydrogen-bond acceptors (Lipinski definition) is 4. The third-order valence-electron chi connectivity index (χ3n) is 3.14. The van der Waals surface area contributed by atoms with Crippen molar-refractivity contribution in [2.24, 2.45) is 7.05 Å². The summed E-state index contributed by atoms with van der Waals surface area (Å²) >= 11 is 0. The normalized spacial score (nSPS) is 20.7. The van der Waals surface area contributed by atoms with Gasteiger partial charge >= 0.3 is 0 Å². The summed E-state index contributed by atoms with van der Waals surface area (Å²) in [5.41, 5.74) is 0.570. The van der Waals surface area contributed by atoms with Gasteiger partial charge in [0, 0.05) is 33.1 Å². The number of aromatic nitrogens is 2. The van der Waals surface area contributed by atoms with E-state index in [1.807, 2.05) is 0 Å². The molecule has 1 amide bonds. The molecule has 1 saturated heterocycles. The smallest absolute Gasteiger partial charge is 0.244 e. The van der Waals surface area contributed by atoms with Crippen LogP contribution in [0.3, 0.4) is 0 Å². The van der Waals surface area contributed by atoms with Gasteiger partial charge in [0.2, 0.25) is 15.9 Å². The summed E-state index contributed by atoms with van der Waals surface area (Å²) in [6.07, 6.45) is 1.52. The highest BCUT2D eigenvalue weighted by molar-refractivity contribution is 7.89. The van der Waals surface area contributed by atoms with Crippen molar-refractivity contribution < 1.29 is 13.2 Å². The standard InChI is InChI=1S/C10H16N4O3S/c1-7-9(5-11-14(7)3)18(16,17)12-8-4-10(15)13(2)6-8/h5,8,12H,4,6H2,1-3H3. The highest BCUT2D eigenvalue weighted by atomic mass is 32.2. The Labute approximate surface area is 106 Å². The zero-order valence-electron chi connectivity index (χ0n) is 10.5. The number of amides is 1. The fourth-order valence-corrected chi connectivity index (χ4v) is 3.40. The van der Waals surface area contributed by atoms with E-state index in [0.29, 0.717) is 12.2 Å². The van der Waals surface area contributed by atoms with Gasteiger partial charge in [-0.05, 0) is 6.92 Å². The number of rotatable bonds is 3. The van der Waals surface area contributed by atoms with Crippen molar-refractivity contribution in [3.05, 3.63) is 11.9 Å². The van der Waals surface area contributed by atoms with E-state index in [0.717, 1.165) is 0 Å². The molecule has 0 radical (unpaired) electrons. The third-order valence-corrected chi connectivity index (χ3v) is 4.77. The van der Waals surface area contributed by atoms with Gasteiger partial charge in [0.25, 0.3) is 0 Å². The van der Waals surface area contributed by atoms with Gasteiger partial charge in [0.15, 0.2) is 0 Å². The molecule has 1 N–H and O–H groups in total. The number of nitrogens with zero attached hydrogens (tertiary/aromatic N) is 3. The number of aryl methyl sites for hydroxylation is 1. The second-order valence-corrected chi connectivity index (χ2v) is 6.20.